The Bertz CT molecular complexity index is 510. The van der Waals surface area contributed by atoms with Gasteiger partial charge in [-0.05, 0) is 0 Å². The summed E-state index contributed by atoms with van der Waals surface area (Å²) in [5.41, 5.74) is 0.812. The molecule has 6 atom stereocenters. The van der Waals surface area contributed by atoms with Crippen molar-refractivity contribution in [2.75, 3.05) is 6.61 Å². The van der Waals surface area contributed by atoms with Crippen LogP contribution < -0.4 is 0 Å². The van der Waals surface area contributed by atoms with Gasteiger partial charge in [0, 0.05) is 0 Å². The molecule has 23 heavy (non-hydrogen) atoms. The van der Waals surface area contributed by atoms with Gasteiger partial charge in [0.2, 0.25) is 0 Å². The van der Waals surface area contributed by atoms with Crippen LogP contribution in [0.5, 0.6) is 0 Å². The Hall–Kier alpha value is -0.991. The van der Waals surface area contributed by atoms with Crippen molar-refractivity contribution in [3.63, 3.8) is 0 Å². The Balaban J connectivity index is 2.16. The van der Waals surface area contributed by atoms with Crippen molar-refractivity contribution in [2.45, 2.75) is 40.7 Å². The number of benzene rings is 1. The molecule has 0 amide bonds. The van der Waals surface area contributed by atoms with E-state index < -0.39 is 57.0 Å². The van der Waals surface area contributed by atoms with Crippen LogP contribution in [0.15, 0.2) is 30.3 Å². The topological polar surface area (TPSA) is 127 Å². The predicted molar refractivity (Wildman–Crippen MR) is 81.0 cm³/mol. The molecule has 0 spiro atoms. The summed E-state index contributed by atoms with van der Waals surface area (Å²) in [7, 11) is 0. The van der Waals surface area contributed by atoms with Gasteiger partial charge in [0.25, 0.3) is 0 Å². The van der Waals surface area contributed by atoms with Crippen LogP contribution in [0.4, 0.5) is 0 Å². The van der Waals surface area contributed by atoms with Crippen LogP contribution in [0, 0.1) is 0 Å². The first-order valence-electron chi connectivity index (χ1n) is 7.16. The molecule has 128 valence electrons. The summed E-state index contributed by atoms with van der Waals surface area (Å²) < 4.78 is 5.49. The second-order valence-corrected chi connectivity index (χ2v) is 8.07. The van der Waals surface area contributed by atoms with Crippen molar-refractivity contribution in [3.8, 4) is 0 Å². The number of aliphatic hydroxyl groups is 4. The van der Waals surface area contributed by atoms with Gasteiger partial charge in [0.15, 0.2) is 0 Å². The number of carboxylic acids is 1. The van der Waals surface area contributed by atoms with Crippen LogP contribution in [0.1, 0.15) is 16.8 Å². The van der Waals surface area contributed by atoms with Crippen molar-refractivity contribution >= 4 is 20.9 Å². The van der Waals surface area contributed by atoms with E-state index in [0.29, 0.717) is 0 Å². The standard InChI is InChI=1S/C15H20O7Se/c16-7-9-12(19)13(20)14(21)15(22-9)23-10(6-11(17)18)8-4-2-1-3-5-8/h1-5,9-10,12-16,19-21H,6-7H2,(H,17,18). The molecule has 0 aromatic heterocycles. The fourth-order valence-corrected chi connectivity index (χ4v) is 5.36. The van der Waals surface area contributed by atoms with E-state index in [1.807, 2.05) is 6.07 Å². The van der Waals surface area contributed by atoms with Gasteiger partial charge >= 0.3 is 139 Å². The number of carbonyl (C=O) groups is 1. The van der Waals surface area contributed by atoms with Gasteiger partial charge in [-0.2, -0.15) is 0 Å². The second-order valence-electron chi connectivity index (χ2n) is 5.33. The minimum absolute atomic E-state index is 0.126. The van der Waals surface area contributed by atoms with Gasteiger partial charge in [-0.1, -0.05) is 0 Å². The number of carboxylic acid groups (broad SMARTS) is 1. The maximum atomic E-state index is 11.1. The van der Waals surface area contributed by atoms with E-state index in [0.717, 1.165) is 5.56 Å². The molecule has 0 aliphatic carbocycles. The second kappa shape index (κ2) is 8.21. The zero-order valence-corrected chi connectivity index (χ0v) is 13.9. The minimum atomic E-state index is -1.44. The number of ether oxygens (including phenoxy) is 1. The van der Waals surface area contributed by atoms with Gasteiger partial charge in [-0.25, -0.2) is 0 Å². The molecule has 1 aliphatic heterocycles. The van der Waals surface area contributed by atoms with E-state index in [1.54, 1.807) is 24.3 Å². The number of hydrogen-bond donors (Lipinski definition) is 5. The third-order valence-corrected chi connectivity index (χ3v) is 6.67. The molecule has 1 saturated heterocycles. The van der Waals surface area contributed by atoms with E-state index in [1.165, 1.54) is 0 Å². The fourth-order valence-electron chi connectivity index (χ4n) is 2.41. The van der Waals surface area contributed by atoms with Crippen molar-refractivity contribution in [3.05, 3.63) is 35.9 Å². The van der Waals surface area contributed by atoms with E-state index in [2.05, 4.69) is 0 Å². The van der Waals surface area contributed by atoms with E-state index in [4.69, 9.17) is 9.84 Å². The number of rotatable bonds is 6. The Morgan fingerprint density at radius 2 is 1.78 bits per heavy atom. The monoisotopic (exact) mass is 392 g/mol. The molecular formula is C15H20O7Se. The first kappa shape index (κ1) is 18.3. The van der Waals surface area contributed by atoms with Gasteiger partial charge in [0.05, 0.1) is 0 Å². The van der Waals surface area contributed by atoms with Crippen molar-refractivity contribution in [2.24, 2.45) is 0 Å². The quantitative estimate of drug-likeness (QED) is 0.382. The van der Waals surface area contributed by atoms with E-state index in [-0.39, 0.29) is 11.2 Å². The molecule has 1 aliphatic rings. The summed E-state index contributed by atoms with van der Waals surface area (Å²) in [4.78, 5) is 10.8. The third-order valence-electron chi connectivity index (χ3n) is 3.68. The van der Waals surface area contributed by atoms with Gasteiger partial charge < -0.3 is 0 Å². The molecule has 6 unspecified atom stereocenters. The van der Waals surface area contributed by atoms with Crippen molar-refractivity contribution < 1.29 is 35.1 Å². The first-order valence-corrected chi connectivity index (χ1v) is 9.14. The Labute approximate surface area is 139 Å². The summed E-state index contributed by atoms with van der Waals surface area (Å²) in [6.07, 6.45) is -5.26. The van der Waals surface area contributed by atoms with Crippen LogP contribution in [-0.2, 0) is 9.53 Å². The normalized spacial score (nSPS) is 32.4. The van der Waals surface area contributed by atoms with E-state index in [9.17, 15) is 25.2 Å². The maximum absolute atomic E-state index is 11.1. The fraction of sp³-hybridized carbons (Fsp3) is 0.533. The summed E-state index contributed by atoms with van der Waals surface area (Å²) in [5.74, 6) is -0.967. The molecule has 0 saturated carbocycles. The molecule has 1 aromatic rings. The zero-order valence-electron chi connectivity index (χ0n) is 12.2. The summed E-state index contributed by atoms with van der Waals surface area (Å²) in [6.45, 7) is -0.494. The molecule has 2 rings (SSSR count). The predicted octanol–water partition coefficient (Wildman–Crippen LogP) is -1.29. The number of aliphatic carboxylic acids is 1. The van der Waals surface area contributed by atoms with Gasteiger partial charge in [-0.15, -0.1) is 0 Å². The molecule has 5 N–H and O–H groups in total. The third kappa shape index (κ3) is 4.51. The molecule has 7 nitrogen and oxygen atoms in total. The van der Waals surface area contributed by atoms with E-state index >= 15 is 0 Å². The average Bonchev–Trinajstić information content (AvgIpc) is 2.55. The summed E-state index contributed by atoms with van der Waals surface area (Å²) in [6, 6.07) is 9.03. The molecule has 1 aromatic carbocycles. The van der Waals surface area contributed by atoms with Crippen LogP contribution in [0.3, 0.4) is 0 Å². The van der Waals surface area contributed by atoms with Crippen molar-refractivity contribution in [1.29, 1.82) is 0 Å². The molecule has 0 bridgehead atoms. The van der Waals surface area contributed by atoms with Crippen molar-refractivity contribution in [1.82, 2.24) is 0 Å². The van der Waals surface area contributed by atoms with Crippen LogP contribution in [0.25, 0.3) is 0 Å². The van der Waals surface area contributed by atoms with Crippen LogP contribution >= 0.6 is 0 Å². The zero-order chi connectivity index (χ0) is 17.0. The average molecular weight is 391 g/mol. The molecular weight excluding hydrogens is 371 g/mol. The number of hydrogen-bond acceptors (Lipinski definition) is 6. The number of aliphatic hydroxyl groups excluding tert-OH is 4. The SMILES string of the molecule is O=C(O)CC([Se]C1OC(CO)C(O)C(O)C1O)c1ccccc1. The Morgan fingerprint density at radius 1 is 1.13 bits per heavy atom. The Morgan fingerprint density at radius 3 is 2.35 bits per heavy atom. The molecule has 1 heterocycles. The van der Waals surface area contributed by atoms with Crippen LogP contribution in [-0.4, -0.2) is 82.5 Å². The molecule has 1 fully saturated rings. The molecule has 0 radical (unpaired) electrons. The summed E-state index contributed by atoms with van der Waals surface area (Å²) in [5, 5.41) is 47.2. The molecule has 8 heteroatoms. The Kier molecular flexibility index (Phi) is 6.55. The summed E-state index contributed by atoms with van der Waals surface area (Å²) >= 11 is -0.520. The van der Waals surface area contributed by atoms with Gasteiger partial charge in [0.1, 0.15) is 0 Å². The van der Waals surface area contributed by atoms with Crippen LogP contribution in [0.2, 0.25) is 0 Å². The van der Waals surface area contributed by atoms with Gasteiger partial charge in [-0.3, -0.25) is 0 Å². The first-order chi connectivity index (χ1) is 10.9.